The van der Waals surface area contributed by atoms with E-state index in [9.17, 15) is 13.6 Å². The summed E-state index contributed by atoms with van der Waals surface area (Å²) in [6.07, 6.45) is 4.89. The van der Waals surface area contributed by atoms with Crippen LogP contribution in [-0.2, 0) is 0 Å². The molecule has 2 fully saturated rings. The highest BCUT2D eigenvalue weighted by molar-refractivity contribution is 5.93. The molecular weight excluding hydrogens is 430 g/mol. The molecule has 2 saturated heterocycles. The number of piperidine rings is 1. The monoisotopic (exact) mass is 456 g/mol. The molecule has 2 aliphatic heterocycles. The number of alkyl halides is 2. The number of nitrogens with one attached hydrogen (secondary N) is 2. The van der Waals surface area contributed by atoms with E-state index in [2.05, 4.69) is 25.8 Å². The van der Waals surface area contributed by atoms with Gasteiger partial charge in [0.05, 0.1) is 6.04 Å². The summed E-state index contributed by atoms with van der Waals surface area (Å²) < 4.78 is 31.3. The zero-order valence-electron chi connectivity index (χ0n) is 18.3. The Hall–Kier alpha value is -3.14. The lowest BCUT2D eigenvalue weighted by Gasteiger charge is -2.39. The number of carbonyl (C=O) groups excluding carboxylic acids is 1. The van der Waals surface area contributed by atoms with Crippen molar-refractivity contribution in [2.45, 2.75) is 56.8 Å². The van der Waals surface area contributed by atoms with E-state index in [1.807, 2.05) is 29.2 Å². The van der Waals surface area contributed by atoms with E-state index in [1.165, 1.54) is 0 Å². The van der Waals surface area contributed by atoms with E-state index < -0.39 is 19.4 Å². The maximum atomic E-state index is 13.1. The molecular formula is C23H26F2N6O2. The third kappa shape index (κ3) is 4.39. The maximum Gasteiger partial charge on any atom is 0.323 e. The molecule has 0 radical (unpaired) electrons. The van der Waals surface area contributed by atoms with Gasteiger partial charge in [0.15, 0.2) is 0 Å². The molecule has 5 rings (SSSR count). The second-order valence-electron chi connectivity index (χ2n) is 8.82. The van der Waals surface area contributed by atoms with Gasteiger partial charge in [0, 0.05) is 42.2 Å². The van der Waals surface area contributed by atoms with Gasteiger partial charge in [-0.15, -0.1) is 10.2 Å². The van der Waals surface area contributed by atoms with Gasteiger partial charge in [0.1, 0.15) is 19.2 Å². The van der Waals surface area contributed by atoms with Gasteiger partial charge in [-0.25, -0.2) is 18.6 Å². The van der Waals surface area contributed by atoms with Crippen LogP contribution in [0.15, 0.2) is 34.9 Å². The molecule has 0 saturated carbocycles. The quantitative estimate of drug-likeness (QED) is 0.582. The SMILES string of the molecule is Cc1nnc(-c2ccc3cnc(NC(=O)N4[C@@H]5CC[C@H]4CC(NC(CF)CF)C5)cc3c2)o1. The van der Waals surface area contributed by atoms with Gasteiger partial charge < -0.3 is 14.6 Å². The molecule has 2 amide bonds. The lowest BCUT2D eigenvalue weighted by Crippen LogP contribution is -2.54. The van der Waals surface area contributed by atoms with Gasteiger partial charge in [0.2, 0.25) is 11.8 Å². The highest BCUT2D eigenvalue weighted by Gasteiger charge is 2.43. The third-order valence-electron chi connectivity index (χ3n) is 6.54. The molecule has 2 aromatic heterocycles. The first kappa shape index (κ1) is 21.7. The van der Waals surface area contributed by atoms with Gasteiger partial charge >= 0.3 is 6.03 Å². The van der Waals surface area contributed by atoms with Crippen molar-refractivity contribution in [2.75, 3.05) is 18.7 Å². The van der Waals surface area contributed by atoms with Crippen LogP contribution in [0.1, 0.15) is 31.6 Å². The van der Waals surface area contributed by atoms with Crippen LogP contribution in [-0.4, -0.2) is 63.6 Å². The van der Waals surface area contributed by atoms with Crippen molar-refractivity contribution in [3.63, 3.8) is 0 Å². The van der Waals surface area contributed by atoms with Crippen molar-refractivity contribution in [1.82, 2.24) is 25.4 Å². The molecule has 3 aromatic rings. The summed E-state index contributed by atoms with van der Waals surface area (Å²) in [7, 11) is 0. The second-order valence-corrected chi connectivity index (χ2v) is 8.82. The van der Waals surface area contributed by atoms with Crippen molar-refractivity contribution in [3.05, 3.63) is 36.4 Å². The highest BCUT2D eigenvalue weighted by Crippen LogP contribution is 2.36. The van der Waals surface area contributed by atoms with Crippen LogP contribution in [0.3, 0.4) is 0 Å². The number of nitrogens with zero attached hydrogens (tertiary/aromatic N) is 4. The van der Waals surface area contributed by atoms with Gasteiger partial charge in [0.25, 0.3) is 0 Å². The molecule has 1 unspecified atom stereocenters. The van der Waals surface area contributed by atoms with Gasteiger partial charge in [-0.3, -0.25) is 5.32 Å². The molecule has 3 atom stereocenters. The molecule has 0 aliphatic carbocycles. The van der Waals surface area contributed by atoms with E-state index in [0.29, 0.717) is 30.4 Å². The summed E-state index contributed by atoms with van der Waals surface area (Å²) in [4.78, 5) is 19.4. The highest BCUT2D eigenvalue weighted by atomic mass is 19.1. The molecule has 10 heteroatoms. The number of fused-ring (bicyclic) bond motifs is 3. The number of rotatable bonds is 6. The fourth-order valence-electron chi connectivity index (χ4n) is 5.04. The first-order valence-electron chi connectivity index (χ1n) is 11.2. The largest absolute Gasteiger partial charge is 0.421 e. The Kier molecular flexibility index (Phi) is 5.92. The molecule has 4 heterocycles. The van der Waals surface area contributed by atoms with Crippen LogP contribution in [0.4, 0.5) is 19.4 Å². The lowest BCUT2D eigenvalue weighted by molar-refractivity contribution is 0.133. The Bertz CT molecular complexity index is 1140. The summed E-state index contributed by atoms with van der Waals surface area (Å²) in [5.41, 5.74) is 0.791. The maximum absolute atomic E-state index is 13.1. The number of hydrogen-bond acceptors (Lipinski definition) is 6. The Labute approximate surface area is 189 Å². The molecule has 2 N–H and O–H groups in total. The fourth-order valence-corrected chi connectivity index (χ4v) is 5.04. The number of amides is 2. The van der Waals surface area contributed by atoms with E-state index in [-0.39, 0.29) is 24.2 Å². The van der Waals surface area contributed by atoms with Crippen LogP contribution in [0, 0.1) is 6.92 Å². The van der Waals surface area contributed by atoms with E-state index >= 15 is 0 Å². The summed E-state index contributed by atoms with van der Waals surface area (Å²) in [5.74, 6) is 1.39. The minimum atomic E-state index is -0.766. The number of aryl methyl sites for hydroxylation is 1. The predicted molar refractivity (Wildman–Crippen MR) is 119 cm³/mol. The normalized spacial score (nSPS) is 22.3. The van der Waals surface area contributed by atoms with E-state index in [1.54, 1.807) is 13.1 Å². The minimum absolute atomic E-state index is 0.0219. The van der Waals surface area contributed by atoms with E-state index in [4.69, 9.17) is 4.42 Å². The zero-order chi connectivity index (χ0) is 22.9. The Balaban J connectivity index is 1.29. The number of carbonyl (C=O) groups is 1. The average Bonchev–Trinajstić information content (AvgIpc) is 3.37. The number of benzene rings is 1. The first-order valence-corrected chi connectivity index (χ1v) is 11.2. The number of halogens is 2. The third-order valence-corrected chi connectivity index (χ3v) is 6.54. The van der Waals surface area contributed by atoms with Gasteiger partial charge in [-0.05, 0) is 49.3 Å². The van der Waals surface area contributed by atoms with Gasteiger partial charge in [-0.1, -0.05) is 6.07 Å². The first-order chi connectivity index (χ1) is 16.0. The molecule has 8 nitrogen and oxygen atoms in total. The predicted octanol–water partition coefficient (Wildman–Crippen LogP) is 4.02. The molecule has 2 aliphatic rings. The zero-order valence-corrected chi connectivity index (χ0v) is 18.3. The molecule has 0 spiro atoms. The number of hydrogen-bond donors (Lipinski definition) is 2. The van der Waals surface area contributed by atoms with Crippen molar-refractivity contribution in [2.24, 2.45) is 0 Å². The van der Waals surface area contributed by atoms with Crippen molar-refractivity contribution < 1.29 is 18.0 Å². The molecule has 1 aromatic carbocycles. The van der Waals surface area contributed by atoms with Crippen LogP contribution in [0.2, 0.25) is 0 Å². The molecule has 2 bridgehead atoms. The van der Waals surface area contributed by atoms with E-state index in [0.717, 1.165) is 29.2 Å². The number of anilines is 1. The van der Waals surface area contributed by atoms with Crippen LogP contribution in [0.25, 0.3) is 22.2 Å². The minimum Gasteiger partial charge on any atom is -0.421 e. The van der Waals surface area contributed by atoms with Crippen molar-refractivity contribution >= 4 is 22.6 Å². The average molecular weight is 456 g/mol. The Morgan fingerprint density at radius 3 is 2.58 bits per heavy atom. The Morgan fingerprint density at radius 1 is 1.15 bits per heavy atom. The molecule has 33 heavy (non-hydrogen) atoms. The smallest absolute Gasteiger partial charge is 0.323 e. The summed E-state index contributed by atoms with van der Waals surface area (Å²) in [5, 5.41) is 15.7. The summed E-state index contributed by atoms with van der Waals surface area (Å²) >= 11 is 0. The number of aromatic nitrogens is 3. The number of urea groups is 1. The Morgan fingerprint density at radius 2 is 1.91 bits per heavy atom. The van der Waals surface area contributed by atoms with Crippen molar-refractivity contribution in [3.8, 4) is 11.5 Å². The second kappa shape index (κ2) is 9.01. The van der Waals surface area contributed by atoms with Crippen LogP contribution < -0.4 is 10.6 Å². The van der Waals surface area contributed by atoms with Crippen LogP contribution >= 0.6 is 0 Å². The topological polar surface area (TPSA) is 96.2 Å². The number of pyridine rings is 1. The fraction of sp³-hybridized carbons (Fsp3) is 0.478. The van der Waals surface area contributed by atoms with Crippen LogP contribution in [0.5, 0.6) is 0 Å². The van der Waals surface area contributed by atoms with Gasteiger partial charge in [-0.2, -0.15) is 0 Å². The summed E-state index contributed by atoms with van der Waals surface area (Å²) in [6, 6.07) is 6.72. The standard InChI is InChI=1S/C23H26F2N6O2/c1-13-29-30-22(33-13)14-2-3-15-12-26-21(7-16(15)6-14)28-23(32)31-19-4-5-20(31)9-17(8-19)27-18(10-24)11-25/h2-3,6-7,12,17-20,27H,4-5,8-11H2,1H3,(H,26,28,32)/t17?,19-,20+. The summed E-state index contributed by atoms with van der Waals surface area (Å²) in [6.45, 7) is 0.281. The molecule has 174 valence electrons. The van der Waals surface area contributed by atoms with Crippen molar-refractivity contribution in [1.29, 1.82) is 0 Å². The lowest BCUT2D eigenvalue weighted by atomic mass is 9.97.